The van der Waals surface area contributed by atoms with Crippen LogP contribution in [0.1, 0.15) is 5.56 Å². The highest BCUT2D eigenvalue weighted by molar-refractivity contribution is 7.00. The molecule has 0 aliphatic rings. The zero-order chi connectivity index (χ0) is 10.8. The Bertz CT molecular complexity index is 520. The molecule has 0 saturated heterocycles. The molecule has 0 unspecified atom stereocenters. The van der Waals surface area contributed by atoms with Crippen LogP contribution in [0.2, 0.25) is 0 Å². The van der Waals surface area contributed by atoms with Crippen LogP contribution >= 0.6 is 23.3 Å². The van der Waals surface area contributed by atoms with Crippen LogP contribution in [0.5, 0.6) is 0 Å². The third-order valence-corrected chi connectivity index (χ3v) is 2.81. The lowest BCUT2D eigenvalue weighted by molar-refractivity contribution is 1.38. The van der Waals surface area contributed by atoms with Crippen LogP contribution in [0.4, 0.5) is 5.69 Å². The van der Waals surface area contributed by atoms with Crippen molar-refractivity contribution in [2.24, 2.45) is 10.7 Å². The van der Waals surface area contributed by atoms with E-state index in [2.05, 4.69) is 13.7 Å². The van der Waals surface area contributed by atoms with Crippen molar-refractivity contribution in [2.75, 3.05) is 5.88 Å². The van der Waals surface area contributed by atoms with Gasteiger partial charge in [-0.15, -0.1) is 11.6 Å². The monoisotopic (exact) mass is 240 g/mol. The minimum atomic E-state index is 0.216. The maximum atomic E-state index is 5.61. The van der Waals surface area contributed by atoms with Crippen LogP contribution in [0.15, 0.2) is 17.1 Å². The van der Waals surface area contributed by atoms with Gasteiger partial charge < -0.3 is 5.73 Å². The number of nitrogens with zero attached hydrogens (tertiary/aromatic N) is 3. The zero-order valence-electron chi connectivity index (χ0n) is 8.07. The second kappa shape index (κ2) is 4.12. The van der Waals surface area contributed by atoms with Gasteiger partial charge in [-0.2, -0.15) is 8.75 Å². The molecule has 0 aliphatic heterocycles. The summed E-state index contributed by atoms with van der Waals surface area (Å²) in [4.78, 5) is 4.24. The molecule has 1 heterocycles. The van der Waals surface area contributed by atoms with Crippen LogP contribution in [0, 0.1) is 6.92 Å². The lowest BCUT2D eigenvalue weighted by Gasteiger charge is -2.01. The van der Waals surface area contributed by atoms with Gasteiger partial charge in [0.25, 0.3) is 0 Å². The average molecular weight is 241 g/mol. The lowest BCUT2D eigenvalue weighted by atomic mass is 10.2. The second-order valence-electron chi connectivity index (χ2n) is 3.10. The number of amidine groups is 1. The molecule has 2 N–H and O–H groups in total. The molecule has 1 aromatic heterocycles. The van der Waals surface area contributed by atoms with E-state index in [1.165, 1.54) is 11.7 Å². The van der Waals surface area contributed by atoms with Gasteiger partial charge in [-0.3, -0.25) is 0 Å². The van der Waals surface area contributed by atoms with Crippen LogP contribution in [0.3, 0.4) is 0 Å². The van der Waals surface area contributed by atoms with Gasteiger partial charge in [0.1, 0.15) is 16.9 Å². The third-order valence-electron chi connectivity index (χ3n) is 2.00. The van der Waals surface area contributed by atoms with Gasteiger partial charge in [0.05, 0.1) is 23.3 Å². The molecule has 0 bridgehead atoms. The molecule has 6 heteroatoms. The van der Waals surface area contributed by atoms with Crippen molar-refractivity contribution in [3.63, 3.8) is 0 Å². The molecule has 0 atom stereocenters. The molecule has 0 spiro atoms. The normalized spacial score (nSPS) is 12.3. The molecule has 0 fully saturated rings. The minimum absolute atomic E-state index is 0.216. The fourth-order valence-electron chi connectivity index (χ4n) is 1.25. The second-order valence-corrected chi connectivity index (χ2v) is 3.90. The first-order valence-corrected chi connectivity index (χ1v) is 5.59. The molecular formula is C9H9ClN4S. The number of halogens is 1. The largest absolute Gasteiger partial charge is 0.386 e. The summed E-state index contributed by atoms with van der Waals surface area (Å²) in [6, 6.07) is 3.87. The molecule has 0 aliphatic carbocycles. The summed E-state index contributed by atoms with van der Waals surface area (Å²) in [5.41, 5.74) is 9.01. The number of fused-ring (bicyclic) bond motifs is 1. The van der Waals surface area contributed by atoms with Gasteiger partial charge >= 0.3 is 0 Å². The van der Waals surface area contributed by atoms with E-state index in [4.69, 9.17) is 17.3 Å². The number of alkyl halides is 1. The smallest absolute Gasteiger partial charge is 0.130 e. The van der Waals surface area contributed by atoms with Crippen molar-refractivity contribution in [3.8, 4) is 0 Å². The fraction of sp³-hybridized carbons (Fsp3) is 0.222. The van der Waals surface area contributed by atoms with Gasteiger partial charge in [0, 0.05) is 0 Å². The number of nitrogens with two attached hydrogens (primary N) is 1. The summed E-state index contributed by atoms with van der Waals surface area (Å²) in [5, 5.41) is 0. The Balaban J connectivity index is 2.66. The molecule has 15 heavy (non-hydrogen) atoms. The van der Waals surface area contributed by atoms with Crippen molar-refractivity contribution < 1.29 is 0 Å². The summed E-state index contributed by atoms with van der Waals surface area (Å²) in [7, 11) is 0. The van der Waals surface area contributed by atoms with Crippen molar-refractivity contribution in [1.29, 1.82) is 0 Å². The lowest BCUT2D eigenvalue weighted by Crippen LogP contribution is -2.12. The summed E-state index contributed by atoms with van der Waals surface area (Å²) < 4.78 is 8.33. The topological polar surface area (TPSA) is 64.2 Å². The standard InChI is InChI=1S/C9H9ClN4S/c1-5-2-3-6-9(14-15-13-6)8(5)12-7(11)4-10/h2-3H,4H2,1H3,(H2,11,12). The number of aromatic nitrogens is 2. The first kappa shape index (κ1) is 10.3. The number of hydrogen-bond donors (Lipinski definition) is 1. The van der Waals surface area contributed by atoms with Crippen molar-refractivity contribution in [2.45, 2.75) is 6.92 Å². The zero-order valence-corrected chi connectivity index (χ0v) is 9.64. The SMILES string of the molecule is Cc1ccc2nsnc2c1N=C(N)CCl. The highest BCUT2D eigenvalue weighted by Crippen LogP contribution is 2.28. The van der Waals surface area contributed by atoms with Gasteiger partial charge in [0.2, 0.25) is 0 Å². The van der Waals surface area contributed by atoms with E-state index in [9.17, 15) is 0 Å². The summed E-state index contributed by atoms with van der Waals surface area (Å²) in [5.74, 6) is 0.605. The highest BCUT2D eigenvalue weighted by atomic mass is 35.5. The molecule has 0 radical (unpaired) electrons. The quantitative estimate of drug-likeness (QED) is 0.497. The Morgan fingerprint density at radius 1 is 1.53 bits per heavy atom. The predicted octanol–water partition coefficient (Wildman–Crippen LogP) is 2.23. The first-order chi connectivity index (χ1) is 7.22. The van der Waals surface area contributed by atoms with Gasteiger partial charge in [-0.25, -0.2) is 4.99 Å². The molecule has 0 saturated carbocycles. The Hall–Kier alpha value is -1.20. The number of benzene rings is 1. The van der Waals surface area contributed by atoms with Gasteiger partial charge in [-0.1, -0.05) is 6.07 Å². The van der Waals surface area contributed by atoms with Crippen molar-refractivity contribution in [3.05, 3.63) is 17.7 Å². The molecule has 2 rings (SSSR count). The first-order valence-electron chi connectivity index (χ1n) is 4.33. The Morgan fingerprint density at radius 3 is 3.07 bits per heavy atom. The van der Waals surface area contributed by atoms with Crippen molar-refractivity contribution in [1.82, 2.24) is 8.75 Å². The Morgan fingerprint density at radius 2 is 2.33 bits per heavy atom. The summed E-state index contributed by atoms with van der Waals surface area (Å²) in [6.45, 7) is 1.96. The summed E-state index contributed by atoms with van der Waals surface area (Å²) >= 11 is 6.76. The van der Waals surface area contributed by atoms with Gasteiger partial charge in [-0.05, 0) is 18.6 Å². The van der Waals surface area contributed by atoms with E-state index < -0.39 is 0 Å². The maximum Gasteiger partial charge on any atom is 0.130 e. The maximum absolute atomic E-state index is 5.61. The van der Waals surface area contributed by atoms with Crippen LogP contribution in [0.25, 0.3) is 11.0 Å². The van der Waals surface area contributed by atoms with Crippen molar-refractivity contribution >= 4 is 45.9 Å². The van der Waals surface area contributed by atoms with Crippen LogP contribution in [-0.2, 0) is 0 Å². The molecular weight excluding hydrogens is 232 g/mol. The highest BCUT2D eigenvalue weighted by Gasteiger charge is 2.07. The predicted molar refractivity (Wildman–Crippen MR) is 64.2 cm³/mol. The fourth-order valence-corrected chi connectivity index (χ4v) is 1.85. The van der Waals surface area contributed by atoms with E-state index in [0.717, 1.165) is 22.3 Å². The van der Waals surface area contributed by atoms with Crippen LogP contribution in [-0.4, -0.2) is 20.5 Å². The van der Waals surface area contributed by atoms with E-state index >= 15 is 0 Å². The number of aliphatic imine (C=N–C) groups is 1. The molecule has 1 aromatic carbocycles. The van der Waals surface area contributed by atoms with E-state index in [0.29, 0.717) is 5.84 Å². The Kier molecular flexibility index (Phi) is 2.83. The molecule has 4 nitrogen and oxygen atoms in total. The van der Waals surface area contributed by atoms with Gasteiger partial charge in [0.15, 0.2) is 0 Å². The molecule has 2 aromatic rings. The number of aryl methyl sites for hydroxylation is 1. The van der Waals surface area contributed by atoms with E-state index in [1.807, 2.05) is 19.1 Å². The molecule has 0 amide bonds. The third kappa shape index (κ3) is 1.93. The van der Waals surface area contributed by atoms with E-state index in [1.54, 1.807) is 0 Å². The number of hydrogen-bond acceptors (Lipinski definition) is 4. The average Bonchev–Trinajstić information content (AvgIpc) is 2.70. The summed E-state index contributed by atoms with van der Waals surface area (Å²) in [6.07, 6.45) is 0. The van der Waals surface area contributed by atoms with E-state index in [-0.39, 0.29) is 5.88 Å². The minimum Gasteiger partial charge on any atom is -0.386 e. The molecule has 78 valence electrons. The van der Waals surface area contributed by atoms with Crippen LogP contribution < -0.4 is 5.73 Å². The Labute approximate surface area is 96.1 Å². The number of rotatable bonds is 2.